The highest BCUT2D eigenvalue weighted by atomic mass is 14.6. The van der Waals surface area contributed by atoms with Gasteiger partial charge in [0.1, 0.15) is 0 Å². The van der Waals surface area contributed by atoms with Crippen LogP contribution in [0, 0.1) is 0 Å². The predicted octanol–water partition coefficient (Wildman–Crippen LogP) is 3.04. The molecule has 2 heteroatoms. The first-order valence-corrected chi connectivity index (χ1v) is 5.58. The quantitative estimate of drug-likeness (QED) is 0.379. The molecule has 0 heterocycles. The maximum atomic E-state index is 5.41. The molecule has 0 bridgehead atoms. The van der Waals surface area contributed by atoms with E-state index in [0.717, 1.165) is 19.3 Å². The van der Waals surface area contributed by atoms with Gasteiger partial charge in [-0.15, -0.1) is 0 Å². The van der Waals surface area contributed by atoms with Gasteiger partial charge in [0.2, 0.25) is 0 Å². The largest absolute Gasteiger partial charge is 0.330 e. The molecule has 0 radical (unpaired) electrons. The molecule has 0 aromatic rings. The lowest BCUT2D eigenvalue weighted by Gasteiger charge is -1.98. The summed E-state index contributed by atoms with van der Waals surface area (Å²) in [5, 5.41) is 0. The molecule has 88 valence electrons. The molecule has 0 unspecified atom stereocenters. The molecule has 0 aliphatic carbocycles. The number of hydrogen-bond acceptors (Lipinski definition) is 2. The highest BCUT2D eigenvalue weighted by molar-refractivity contribution is 5.70. The molecule has 2 nitrogen and oxygen atoms in total. The van der Waals surface area contributed by atoms with E-state index in [-0.39, 0.29) is 0 Å². The van der Waals surface area contributed by atoms with E-state index >= 15 is 0 Å². The Kier molecular flexibility index (Phi) is 10.6. The molecule has 0 rings (SSSR count). The summed E-state index contributed by atoms with van der Waals surface area (Å²) in [6.07, 6.45) is 16.8. The monoisotopic (exact) mass is 218 g/mol. The summed E-state index contributed by atoms with van der Waals surface area (Å²) in [6, 6.07) is 0. The molecule has 0 atom stereocenters. The van der Waals surface area contributed by atoms with Crippen molar-refractivity contribution in [2.45, 2.75) is 19.3 Å². The topological polar surface area (TPSA) is 38.4 Å². The Bertz CT molecular complexity index is 283. The van der Waals surface area contributed by atoms with Crippen LogP contribution in [0.4, 0.5) is 0 Å². The zero-order valence-corrected chi connectivity index (χ0v) is 10.1. The molecule has 0 saturated carbocycles. The van der Waals surface area contributed by atoms with E-state index in [0.29, 0.717) is 6.54 Å². The summed E-state index contributed by atoms with van der Waals surface area (Å²) in [6.45, 7) is 4.43. The first kappa shape index (κ1) is 14.6. The van der Waals surface area contributed by atoms with E-state index < -0.39 is 0 Å². The third-order valence-corrected chi connectivity index (χ3v) is 1.98. The van der Waals surface area contributed by atoms with Crippen LogP contribution in [-0.2, 0) is 0 Å². The van der Waals surface area contributed by atoms with Crippen LogP contribution in [0.5, 0.6) is 0 Å². The van der Waals surface area contributed by atoms with Crippen molar-refractivity contribution in [2.75, 3.05) is 13.6 Å². The molecule has 16 heavy (non-hydrogen) atoms. The highest BCUT2D eigenvalue weighted by Crippen LogP contribution is 2.09. The normalized spacial score (nSPS) is 13.2. The van der Waals surface area contributed by atoms with Gasteiger partial charge in [0.15, 0.2) is 0 Å². The molecule has 0 fully saturated rings. The second-order valence-corrected chi connectivity index (χ2v) is 3.35. The fourth-order valence-corrected chi connectivity index (χ4v) is 1.20. The van der Waals surface area contributed by atoms with Crippen molar-refractivity contribution < 1.29 is 0 Å². The van der Waals surface area contributed by atoms with Gasteiger partial charge in [0.05, 0.1) is 0 Å². The molecule has 0 aromatic heterocycles. The van der Waals surface area contributed by atoms with Crippen molar-refractivity contribution in [3.63, 3.8) is 0 Å². The molecule has 0 amide bonds. The van der Waals surface area contributed by atoms with Gasteiger partial charge in [-0.25, -0.2) is 0 Å². The number of rotatable bonds is 8. The van der Waals surface area contributed by atoms with Crippen molar-refractivity contribution >= 4 is 6.21 Å². The first-order chi connectivity index (χ1) is 7.85. The molecule has 0 aliphatic heterocycles. The average molecular weight is 218 g/mol. The predicted molar refractivity (Wildman–Crippen MR) is 73.9 cm³/mol. The summed E-state index contributed by atoms with van der Waals surface area (Å²) < 4.78 is 0. The van der Waals surface area contributed by atoms with Gasteiger partial charge in [-0.05, 0) is 31.9 Å². The lowest BCUT2D eigenvalue weighted by atomic mass is 10.1. The van der Waals surface area contributed by atoms with Gasteiger partial charge >= 0.3 is 0 Å². The minimum absolute atomic E-state index is 0.712. The molecule has 0 aromatic carbocycles. The summed E-state index contributed by atoms with van der Waals surface area (Å²) in [5.41, 5.74) is 6.75. The fourth-order valence-electron chi connectivity index (χ4n) is 1.20. The fraction of sp³-hybridized carbons (Fsp3) is 0.357. The first-order valence-electron chi connectivity index (χ1n) is 5.58. The van der Waals surface area contributed by atoms with Gasteiger partial charge in [-0.1, -0.05) is 42.5 Å². The van der Waals surface area contributed by atoms with Crippen LogP contribution in [-0.4, -0.2) is 19.8 Å². The number of nitrogens with two attached hydrogens (primary N) is 1. The number of allylic oxidation sites excluding steroid dienone is 6. The summed E-state index contributed by atoms with van der Waals surface area (Å²) in [5.74, 6) is 0. The van der Waals surface area contributed by atoms with Crippen LogP contribution < -0.4 is 5.73 Å². The van der Waals surface area contributed by atoms with Crippen molar-refractivity contribution in [2.24, 2.45) is 10.7 Å². The van der Waals surface area contributed by atoms with Crippen molar-refractivity contribution in [1.29, 1.82) is 0 Å². The van der Waals surface area contributed by atoms with E-state index in [1.807, 2.05) is 12.2 Å². The Hall–Kier alpha value is -1.41. The van der Waals surface area contributed by atoms with E-state index in [9.17, 15) is 0 Å². The van der Waals surface area contributed by atoms with Crippen molar-refractivity contribution in [3.8, 4) is 0 Å². The van der Waals surface area contributed by atoms with Crippen LogP contribution in [0.1, 0.15) is 19.3 Å². The zero-order chi connectivity index (χ0) is 12.1. The lowest BCUT2D eigenvalue weighted by Crippen LogP contribution is -1.95. The Morgan fingerprint density at radius 3 is 2.62 bits per heavy atom. The van der Waals surface area contributed by atoms with Crippen LogP contribution in [0.15, 0.2) is 53.6 Å². The minimum Gasteiger partial charge on any atom is -0.330 e. The van der Waals surface area contributed by atoms with E-state index in [2.05, 4.69) is 35.9 Å². The number of hydrogen-bond donors (Lipinski definition) is 1. The van der Waals surface area contributed by atoms with Crippen molar-refractivity contribution in [3.05, 3.63) is 48.6 Å². The minimum atomic E-state index is 0.712. The summed E-state index contributed by atoms with van der Waals surface area (Å²) in [4.78, 5) is 3.89. The standard InChI is InChI=1S/C14H22N2/c1-3-9-14(10-5-4-7-12-15)11-6-8-13-16-2/h3-6,8-9,13H,1,7,10-12,15H2,2H3/b5-4-,8-6-,14-9+,16-13?. The third kappa shape index (κ3) is 9.16. The molecule has 0 spiro atoms. The van der Waals surface area contributed by atoms with Gasteiger partial charge < -0.3 is 5.73 Å². The molecule has 0 saturated heterocycles. The van der Waals surface area contributed by atoms with Crippen LogP contribution in [0.3, 0.4) is 0 Å². The average Bonchev–Trinajstić information content (AvgIpc) is 2.30. The Labute approximate surface area is 99.0 Å². The van der Waals surface area contributed by atoms with E-state index in [1.165, 1.54) is 5.57 Å². The maximum Gasteiger partial charge on any atom is 0.0277 e. The molecular weight excluding hydrogens is 196 g/mol. The second kappa shape index (κ2) is 11.7. The van der Waals surface area contributed by atoms with Crippen LogP contribution in [0.25, 0.3) is 0 Å². The molecule has 2 N–H and O–H groups in total. The van der Waals surface area contributed by atoms with Gasteiger partial charge in [0, 0.05) is 13.3 Å². The Morgan fingerprint density at radius 1 is 1.25 bits per heavy atom. The molecular formula is C14H22N2. The van der Waals surface area contributed by atoms with E-state index in [1.54, 1.807) is 13.3 Å². The smallest absolute Gasteiger partial charge is 0.0277 e. The highest BCUT2D eigenvalue weighted by Gasteiger charge is 1.90. The number of aliphatic imine (C=N–C) groups is 1. The SMILES string of the molecule is C=C/C=C(/C/C=C\C=NC)C/C=C\CCN. The van der Waals surface area contributed by atoms with Crippen molar-refractivity contribution in [1.82, 2.24) is 0 Å². The van der Waals surface area contributed by atoms with Crippen LogP contribution in [0.2, 0.25) is 0 Å². The maximum absolute atomic E-state index is 5.41. The van der Waals surface area contributed by atoms with Gasteiger partial charge in [0.25, 0.3) is 0 Å². The van der Waals surface area contributed by atoms with Gasteiger partial charge in [-0.3, -0.25) is 4.99 Å². The van der Waals surface area contributed by atoms with Crippen LogP contribution >= 0.6 is 0 Å². The van der Waals surface area contributed by atoms with E-state index in [4.69, 9.17) is 5.73 Å². The third-order valence-electron chi connectivity index (χ3n) is 1.98. The Morgan fingerprint density at radius 2 is 2.00 bits per heavy atom. The zero-order valence-electron chi connectivity index (χ0n) is 10.1. The Balaban J connectivity index is 4.08. The lowest BCUT2D eigenvalue weighted by molar-refractivity contribution is 0.996. The second-order valence-electron chi connectivity index (χ2n) is 3.35. The number of nitrogens with zero attached hydrogens (tertiary/aromatic N) is 1. The molecule has 0 aliphatic rings. The summed E-state index contributed by atoms with van der Waals surface area (Å²) >= 11 is 0. The van der Waals surface area contributed by atoms with Gasteiger partial charge in [-0.2, -0.15) is 0 Å². The summed E-state index contributed by atoms with van der Waals surface area (Å²) in [7, 11) is 1.76.